The van der Waals surface area contributed by atoms with Gasteiger partial charge in [-0.25, -0.2) is 18.0 Å². The number of cyclic esters (lactones) is 1. The van der Waals surface area contributed by atoms with Crippen LogP contribution in [0.5, 0.6) is 0 Å². The van der Waals surface area contributed by atoms with Crippen molar-refractivity contribution in [2.45, 2.75) is 100 Å². The molecule has 4 atom stereocenters. The lowest BCUT2D eigenvalue weighted by atomic mass is 10.0. The van der Waals surface area contributed by atoms with E-state index < -0.39 is 68.9 Å². The molecule has 6 rings (SSSR count). The summed E-state index contributed by atoms with van der Waals surface area (Å²) < 4.78 is 38.6. The number of fused-ring (bicyclic) bond motifs is 3. The van der Waals surface area contributed by atoms with Crippen LogP contribution in [-0.2, 0) is 47.0 Å². The molecule has 1 aromatic carbocycles. The number of allylic oxidation sites excluding steroid dienone is 1. The number of ether oxygens (including phenoxy) is 2. The first-order valence-electron chi connectivity index (χ1n) is 17.2. The molecule has 14 nitrogen and oxygen atoms in total. The van der Waals surface area contributed by atoms with Crippen LogP contribution in [0.3, 0.4) is 0 Å². The van der Waals surface area contributed by atoms with Gasteiger partial charge in [0, 0.05) is 13.0 Å². The highest BCUT2D eigenvalue weighted by Gasteiger charge is 2.55. The molecule has 2 aliphatic carbocycles. The van der Waals surface area contributed by atoms with Gasteiger partial charge in [0.25, 0.3) is 5.91 Å². The van der Waals surface area contributed by atoms with Gasteiger partial charge in [0.15, 0.2) is 5.54 Å². The van der Waals surface area contributed by atoms with Gasteiger partial charge in [-0.2, -0.15) is 0 Å². The zero-order valence-corrected chi connectivity index (χ0v) is 28.8. The van der Waals surface area contributed by atoms with Gasteiger partial charge in [-0.15, -0.1) is 0 Å². The number of amides is 5. The van der Waals surface area contributed by atoms with Crippen LogP contribution < -0.4 is 15.4 Å². The Balaban J connectivity index is 1.26. The van der Waals surface area contributed by atoms with Gasteiger partial charge in [-0.1, -0.05) is 62.8 Å². The summed E-state index contributed by atoms with van der Waals surface area (Å²) in [4.78, 5) is 70.7. The molecule has 2 fully saturated rings. The van der Waals surface area contributed by atoms with Crippen molar-refractivity contribution in [2.24, 2.45) is 0 Å². The number of sulfonamides is 1. The number of nitrogens with one attached hydrogen (secondary N) is 3. The van der Waals surface area contributed by atoms with Crippen LogP contribution in [0, 0.1) is 0 Å². The quantitative estimate of drug-likeness (QED) is 0.348. The maximum Gasteiger partial charge on any atom is 0.410 e. The molecule has 3 aliphatic heterocycles. The van der Waals surface area contributed by atoms with Gasteiger partial charge in [0.05, 0.1) is 24.9 Å². The minimum Gasteiger partial charge on any atom is -0.450 e. The minimum atomic E-state index is -3.93. The third-order valence-electron chi connectivity index (χ3n) is 9.72. The average Bonchev–Trinajstić information content (AvgIpc) is 3.98. The molecule has 268 valence electrons. The lowest BCUT2D eigenvalue weighted by Crippen LogP contribution is -2.58. The molecule has 15 heteroatoms. The number of carbonyl (C=O) groups excluding carboxylic acids is 5. The lowest BCUT2D eigenvalue weighted by Gasteiger charge is -2.30. The summed E-state index contributed by atoms with van der Waals surface area (Å²) >= 11 is 0. The van der Waals surface area contributed by atoms with E-state index in [-0.39, 0.29) is 26.0 Å². The summed E-state index contributed by atoms with van der Waals surface area (Å²) in [5.74, 6) is -2.28. The van der Waals surface area contributed by atoms with Crippen LogP contribution in [0.1, 0.15) is 75.0 Å². The Morgan fingerprint density at radius 2 is 1.98 bits per heavy atom. The summed E-state index contributed by atoms with van der Waals surface area (Å²) in [6, 6.07) is 3.59. The zero-order valence-electron chi connectivity index (χ0n) is 28.0. The number of carbonyl (C=O) groups is 5. The first-order chi connectivity index (χ1) is 24.0. The number of nitrogens with zero attached hydrogens (tertiary/aromatic N) is 2. The van der Waals surface area contributed by atoms with Gasteiger partial charge >= 0.3 is 12.2 Å². The van der Waals surface area contributed by atoms with E-state index in [0.717, 1.165) is 23.1 Å². The fourth-order valence-corrected chi connectivity index (χ4v) is 8.02. The van der Waals surface area contributed by atoms with Crippen LogP contribution in [0.15, 0.2) is 48.6 Å². The molecule has 0 spiro atoms. The summed E-state index contributed by atoms with van der Waals surface area (Å²) in [6.45, 7) is 6.26. The smallest absolute Gasteiger partial charge is 0.410 e. The third-order valence-corrected chi connectivity index (χ3v) is 11.5. The maximum atomic E-state index is 14.2. The first kappa shape index (κ1) is 35.2. The van der Waals surface area contributed by atoms with E-state index in [1.165, 1.54) is 17.1 Å². The van der Waals surface area contributed by atoms with Crippen LogP contribution in [-0.4, -0.2) is 90.3 Å². The van der Waals surface area contributed by atoms with Crippen LogP contribution in [0.4, 0.5) is 9.59 Å². The van der Waals surface area contributed by atoms with Crippen LogP contribution >= 0.6 is 0 Å². The van der Waals surface area contributed by atoms with Crippen molar-refractivity contribution in [2.75, 3.05) is 13.2 Å². The van der Waals surface area contributed by atoms with E-state index in [9.17, 15) is 32.4 Å². The van der Waals surface area contributed by atoms with Crippen molar-refractivity contribution in [1.82, 2.24) is 25.2 Å². The van der Waals surface area contributed by atoms with E-state index in [2.05, 4.69) is 21.9 Å². The third kappa shape index (κ3) is 7.42. The second-order valence-corrected chi connectivity index (χ2v) is 15.3. The summed E-state index contributed by atoms with van der Waals surface area (Å²) in [7, 11) is -3.93. The molecular formula is C35H43N5O9S. The predicted molar refractivity (Wildman–Crippen MR) is 181 cm³/mol. The van der Waals surface area contributed by atoms with E-state index >= 15 is 0 Å². The Morgan fingerprint density at radius 1 is 1.18 bits per heavy atom. The van der Waals surface area contributed by atoms with Gasteiger partial charge in [0.1, 0.15) is 18.2 Å². The van der Waals surface area contributed by atoms with Crippen LogP contribution in [0.25, 0.3) is 6.08 Å². The highest BCUT2D eigenvalue weighted by atomic mass is 32.2. The van der Waals surface area contributed by atoms with Crippen molar-refractivity contribution < 1.29 is 41.9 Å². The number of alkyl carbamates (subject to hydrolysis) is 1. The highest BCUT2D eigenvalue weighted by Crippen LogP contribution is 2.38. The van der Waals surface area contributed by atoms with E-state index in [1.807, 2.05) is 37.3 Å². The van der Waals surface area contributed by atoms with Crippen molar-refractivity contribution >= 4 is 46.0 Å². The number of benzene rings is 1. The fourth-order valence-electron chi connectivity index (χ4n) is 6.68. The maximum absolute atomic E-state index is 14.2. The SMILES string of the molecule is C=CC1=C[C@]1(NC(=O)[C@@H]1C[C@@H]2CN1C(=O)[C@H](CCCC)NC(=O)OCCC/C=C/c1cccc3c1CN(C3)C(=O)O2)C(=O)NS(=O)(=O)C1CC1. The molecule has 1 saturated heterocycles. The molecule has 3 heterocycles. The Hall–Kier alpha value is -4.66. The largest absolute Gasteiger partial charge is 0.450 e. The fraction of sp³-hybridized carbons (Fsp3) is 0.514. The van der Waals surface area contributed by atoms with Crippen LogP contribution in [0.2, 0.25) is 0 Å². The van der Waals surface area contributed by atoms with Crippen molar-refractivity contribution in [3.8, 4) is 0 Å². The summed E-state index contributed by atoms with van der Waals surface area (Å²) in [5, 5.41) is 4.64. The Morgan fingerprint density at radius 3 is 2.70 bits per heavy atom. The van der Waals surface area contributed by atoms with Crippen molar-refractivity contribution in [3.05, 3.63) is 65.3 Å². The number of unbranched alkanes of at least 4 members (excludes halogenated alkanes) is 1. The van der Waals surface area contributed by atoms with Gasteiger partial charge in [-0.3, -0.25) is 24.0 Å². The van der Waals surface area contributed by atoms with E-state index in [0.29, 0.717) is 50.8 Å². The molecular weight excluding hydrogens is 666 g/mol. The molecule has 5 amide bonds. The second kappa shape index (κ2) is 14.3. The highest BCUT2D eigenvalue weighted by molar-refractivity contribution is 7.91. The molecule has 0 aromatic heterocycles. The van der Waals surface area contributed by atoms with Gasteiger partial charge in [-0.05, 0) is 60.4 Å². The average molecular weight is 710 g/mol. The Labute approximate surface area is 291 Å². The topological polar surface area (TPSA) is 181 Å². The molecule has 0 radical (unpaired) electrons. The zero-order chi connectivity index (χ0) is 35.6. The second-order valence-electron chi connectivity index (χ2n) is 13.4. The summed E-state index contributed by atoms with van der Waals surface area (Å²) in [6.07, 6.45) is 8.01. The first-order valence-corrected chi connectivity index (χ1v) is 18.7. The lowest BCUT2D eigenvalue weighted by molar-refractivity contribution is -0.141. The van der Waals surface area contributed by atoms with Crippen molar-refractivity contribution in [1.29, 1.82) is 0 Å². The van der Waals surface area contributed by atoms with E-state index in [4.69, 9.17) is 9.47 Å². The minimum absolute atomic E-state index is 0.0927. The molecule has 3 N–H and O–H groups in total. The number of rotatable bonds is 9. The Bertz CT molecular complexity index is 1750. The molecule has 4 bridgehead atoms. The van der Waals surface area contributed by atoms with Crippen molar-refractivity contribution in [3.63, 3.8) is 0 Å². The van der Waals surface area contributed by atoms with Gasteiger partial charge < -0.3 is 25.0 Å². The molecule has 5 aliphatic rings. The molecule has 1 aromatic rings. The summed E-state index contributed by atoms with van der Waals surface area (Å²) in [5.41, 5.74) is 1.48. The number of hydrogen-bond donors (Lipinski definition) is 3. The monoisotopic (exact) mass is 709 g/mol. The van der Waals surface area contributed by atoms with E-state index in [1.54, 1.807) is 4.90 Å². The molecule has 0 unspecified atom stereocenters. The Kier molecular flexibility index (Phi) is 10.1. The molecule has 1 saturated carbocycles. The normalized spacial score (nSPS) is 27.4. The molecule has 50 heavy (non-hydrogen) atoms. The predicted octanol–water partition coefficient (Wildman–Crippen LogP) is 2.79. The number of hydrogen-bond acceptors (Lipinski definition) is 9. The standard InChI is InChI=1S/C35H43N5O9S/c1-3-5-13-28-31(42)40-20-25(17-29(40)30(41)37-35(18-24(35)4-2)32(43)38-50(46,47)26-14-15-26)49-34(45)39-19-23-12-9-11-22(27(23)21-39)10-7-6-8-16-48-33(44)36-28/h4,7,9-12,18,25-26,28-29H,2-3,5-6,8,13-17,19-21H2,1H3,(H,36,44)(H,37,41)(H,38,43)/b10-7+/t25-,28+,29+,35-/m1/s1. The van der Waals surface area contributed by atoms with Gasteiger partial charge in [0.2, 0.25) is 21.8 Å².